The Morgan fingerprint density at radius 3 is 1.86 bits per heavy atom. The van der Waals surface area contributed by atoms with Crippen molar-refractivity contribution < 1.29 is 4.42 Å². The van der Waals surface area contributed by atoms with Gasteiger partial charge in [0.15, 0.2) is 11.6 Å². The predicted molar refractivity (Wildman–Crippen MR) is 228 cm³/mol. The van der Waals surface area contributed by atoms with Gasteiger partial charge in [-0.3, -0.25) is 0 Å². The molecule has 0 radical (unpaired) electrons. The highest BCUT2D eigenvalue weighted by Gasteiger charge is 2.25. The number of fused-ring (bicyclic) bond motifs is 10. The van der Waals surface area contributed by atoms with Crippen LogP contribution < -0.4 is 0 Å². The highest BCUT2D eigenvalue weighted by atomic mass is 16.3. The van der Waals surface area contributed by atoms with Gasteiger partial charge in [-0.1, -0.05) is 127 Å². The van der Waals surface area contributed by atoms with Gasteiger partial charge in [-0.2, -0.15) is 0 Å². The highest BCUT2D eigenvalue weighted by molar-refractivity contribution is 6.24. The van der Waals surface area contributed by atoms with Crippen LogP contribution in [-0.2, 0) is 0 Å². The first-order chi connectivity index (χ1) is 27.8. The predicted octanol–water partition coefficient (Wildman–Crippen LogP) is 12.7. The lowest BCUT2D eigenvalue weighted by Gasteiger charge is -2.18. The molecule has 12 aromatic rings. The minimum Gasteiger partial charge on any atom is -0.455 e. The summed E-state index contributed by atoms with van der Waals surface area (Å²) >= 11 is 0. The Hall–Kier alpha value is -7.70. The van der Waals surface area contributed by atoms with Crippen molar-refractivity contribution in [3.8, 4) is 39.8 Å². The molecule has 0 bridgehead atoms. The van der Waals surface area contributed by atoms with E-state index in [0.717, 1.165) is 94.2 Å². The van der Waals surface area contributed by atoms with Crippen molar-refractivity contribution in [2.24, 2.45) is 0 Å². The minimum absolute atomic E-state index is 0.673. The topological polar surface area (TPSA) is 53.7 Å². The Bertz CT molecular complexity index is 3480. The Morgan fingerprint density at radius 2 is 1.05 bits per heavy atom. The molecule has 0 saturated heterocycles. The van der Waals surface area contributed by atoms with E-state index in [9.17, 15) is 0 Å². The molecule has 56 heavy (non-hydrogen) atoms. The second kappa shape index (κ2) is 11.9. The van der Waals surface area contributed by atoms with Crippen molar-refractivity contribution >= 4 is 65.6 Å². The number of rotatable bonds is 5. The van der Waals surface area contributed by atoms with Crippen molar-refractivity contribution in [3.63, 3.8) is 0 Å². The van der Waals surface area contributed by atoms with Gasteiger partial charge < -0.3 is 13.6 Å². The lowest BCUT2D eigenvalue weighted by atomic mass is 10.1. The van der Waals surface area contributed by atoms with Gasteiger partial charge in [-0.25, -0.2) is 9.67 Å². The molecule has 0 amide bonds. The van der Waals surface area contributed by atoms with Crippen molar-refractivity contribution in [3.05, 3.63) is 188 Å². The third-order valence-corrected chi connectivity index (χ3v) is 11.1. The number of hydrogen-bond acceptors (Lipinski definition) is 3. The van der Waals surface area contributed by atoms with E-state index in [0.29, 0.717) is 5.82 Å². The maximum atomic E-state index is 6.65. The largest absolute Gasteiger partial charge is 0.455 e. The van der Waals surface area contributed by atoms with Crippen molar-refractivity contribution in [2.75, 3.05) is 0 Å². The second-order valence-corrected chi connectivity index (χ2v) is 14.2. The zero-order valence-electron chi connectivity index (χ0n) is 30.0. The van der Waals surface area contributed by atoms with E-state index in [2.05, 4.69) is 155 Å². The lowest BCUT2D eigenvalue weighted by Crippen LogP contribution is -2.05. The van der Waals surface area contributed by atoms with Crippen LogP contribution >= 0.6 is 0 Å². The Kier molecular flexibility index (Phi) is 6.53. The summed E-state index contributed by atoms with van der Waals surface area (Å²) in [4.78, 5) is 5.31. The summed E-state index contributed by atoms with van der Waals surface area (Å²) in [6, 6.07) is 65.9. The summed E-state index contributed by atoms with van der Waals surface area (Å²) in [5.41, 5.74) is 11.2. The van der Waals surface area contributed by atoms with E-state index < -0.39 is 0 Å². The number of hydrogen-bond donors (Lipinski definition) is 0. The number of aromatic nitrogens is 5. The third-order valence-electron chi connectivity index (χ3n) is 11.1. The summed E-state index contributed by atoms with van der Waals surface area (Å²) in [5.74, 6) is 1.44. The van der Waals surface area contributed by atoms with E-state index in [1.807, 2.05) is 47.1 Å². The standard InChI is InChI=1S/C50H31N5O/c1-3-16-32(17-4-1)49-51-50(55(52-49)33-18-5-2-6-19-33)39-24-15-23-36-34-20-7-10-25-40(34)54(47(36)39)43-28-13-12-27-42(43)53-41-26-11-8-22-38(41)46-44(53)31-30-37-35-21-9-14-29-45(35)56-48(37)46/h1-31H. The van der Waals surface area contributed by atoms with Crippen LogP contribution in [0.5, 0.6) is 0 Å². The SMILES string of the molecule is c1ccc(-c2nc(-c3cccc4c5ccccc5n(-c5ccccc5-n5c6ccccc6c6c7oc8ccccc8c7ccc65)c34)n(-c3ccccc3)n2)cc1. The number of benzene rings is 8. The first kappa shape index (κ1) is 30.7. The number of para-hydroxylation sites is 7. The van der Waals surface area contributed by atoms with Crippen LogP contribution in [0.25, 0.3) is 105 Å². The second-order valence-electron chi connectivity index (χ2n) is 14.2. The highest BCUT2D eigenvalue weighted by Crippen LogP contribution is 2.44. The van der Waals surface area contributed by atoms with E-state index in [1.165, 1.54) is 5.39 Å². The molecule has 6 heteroatoms. The molecule has 0 fully saturated rings. The summed E-state index contributed by atoms with van der Waals surface area (Å²) in [6.45, 7) is 0. The minimum atomic E-state index is 0.673. The fraction of sp³-hybridized carbons (Fsp3) is 0. The first-order valence-electron chi connectivity index (χ1n) is 18.9. The van der Waals surface area contributed by atoms with Gasteiger partial charge >= 0.3 is 0 Å². The molecule has 4 heterocycles. The van der Waals surface area contributed by atoms with Crippen LogP contribution in [0.1, 0.15) is 0 Å². The molecule has 0 spiro atoms. The summed E-state index contributed by atoms with van der Waals surface area (Å²) in [7, 11) is 0. The van der Waals surface area contributed by atoms with E-state index in [4.69, 9.17) is 14.5 Å². The average Bonchev–Trinajstić information content (AvgIpc) is 4.04. The molecule has 0 saturated carbocycles. The quantitative estimate of drug-likeness (QED) is 0.178. The van der Waals surface area contributed by atoms with Crippen LogP contribution in [0.2, 0.25) is 0 Å². The van der Waals surface area contributed by atoms with Crippen LogP contribution in [0.4, 0.5) is 0 Å². The van der Waals surface area contributed by atoms with Gasteiger partial charge in [0.1, 0.15) is 11.2 Å². The molecule has 262 valence electrons. The molecule has 0 aliphatic heterocycles. The van der Waals surface area contributed by atoms with E-state index >= 15 is 0 Å². The maximum absolute atomic E-state index is 6.65. The molecule has 0 N–H and O–H groups in total. The fourth-order valence-corrected chi connectivity index (χ4v) is 8.73. The van der Waals surface area contributed by atoms with Gasteiger partial charge in [0.05, 0.1) is 44.5 Å². The Labute approximate surface area is 320 Å². The molecule has 8 aromatic carbocycles. The van der Waals surface area contributed by atoms with Crippen LogP contribution in [-0.4, -0.2) is 23.9 Å². The smallest absolute Gasteiger partial charge is 0.182 e. The molecule has 4 aromatic heterocycles. The van der Waals surface area contributed by atoms with Crippen molar-refractivity contribution in [2.45, 2.75) is 0 Å². The molecular weight excluding hydrogens is 687 g/mol. The normalized spacial score (nSPS) is 11.9. The molecule has 6 nitrogen and oxygen atoms in total. The van der Waals surface area contributed by atoms with Gasteiger partial charge in [-0.15, -0.1) is 5.10 Å². The molecule has 0 unspecified atom stereocenters. The molecule has 12 rings (SSSR count). The zero-order valence-corrected chi connectivity index (χ0v) is 30.0. The van der Waals surface area contributed by atoms with E-state index in [-0.39, 0.29) is 0 Å². The van der Waals surface area contributed by atoms with Crippen LogP contribution in [0, 0.1) is 0 Å². The van der Waals surface area contributed by atoms with Gasteiger partial charge in [0.2, 0.25) is 0 Å². The van der Waals surface area contributed by atoms with Crippen molar-refractivity contribution in [1.82, 2.24) is 23.9 Å². The Balaban J connectivity index is 1.18. The van der Waals surface area contributed by atoms with Gasteiger partial charge in [0, 0.05) is 38.1 Å². The maximum Gasteiger partial charge on any atom is 0.182 e. The van der Waals surface area contributed by atoms with Gasteiger partial charge in [0.25, 0.3) is 0 Å². The number of nitrogens with zero attached hydrogens (tertiary/aromatic N) is 5. The monoisotopic (exact) mass is 717 g/mol. The van der Waals surface area contributed by atoms with E-state index in [1.54, 1.807) is 0 Å². The van der Waals surface area contributed by atoms with Crippen LogP contribution in [0.15, 0.2) is 192 Å². The third kappa shape index (κ3) is 4.38. The lowest BCUT2D eigenvalue weighted by molar-refractivity contribution is 0.673. The summed E-state index contributed by atoms with van der Waals surface area (Å²) < 4.78 is 13.5. The summed E-state index contributed by atoms with van der Waals surface area (Å²) in [5, 5.41) is 11.9. The van der Waals surface area contributed by atoms with Crippen LogP contribution in [0.3, 0.4) is 0 Å². The molecular formula is C50H31N5O. The number of furan rings is 1. The average molecular weight is 718 g/mol. The molecule has 0 atom stereocenters. The fourth-order valence-electron chi connectivity index (χ4n) is 8.73. The summed E-state index contributed by atoms with van der Waals surface area (Å²) in [6.07, 6.45) is 0. The first-order valence-corrected chi connectivity index (χ1v) is 18.9. The Morgan fingerprint density at radius 1 is 0.429 bits per heavy atom. The molecule has 0 aliphatic rings. The zero-order chi connectivity index (χ0) is 36.7. The van der Waals surface area contributed by atoms with Gasteiger partial charge in [-0.05, 0) is 60.7 Å². The van der Waals surface area contributed by atoms with Crippen molar-refractivity contribution in [1.29, 1.82) is 0 Å². The molecule has 0 aliphatic carbocycles.